The summed E-state index contributed by atoms with van der Waals surface area (Å²) in [6.07, 6.45) is 5.08. The number of carbonyl (C=O) groups excluding carboxylic acids is 1. The van der Waals surface area contributed by atoms with Crippen LogP contribution in [0.15, 0.2) is 66.9 Å². The quantitative estimate of drug-likeness (QED) is 0.480. The van der Waals surface area contributed by atoms with Gasteiger partial charge in [-0.15, -0.1) is 0 Å². The summed E-state index contributed by atoms with van der Waals surface area (Å²) in [4.78, 5) is 27.9. The van der Waals surface area contributed by atoms with E-state index >= 15 is 0 Å². The summed E-state index contributed by atoms with van der Waals surface area (Å²) in [6.45, 7) is 0. The van der Waals surface area contributed by atoms with Gasteiger partial charge in [0.1, 0.15) is 5.69 Å². The van der Waals surface area contributed by atoms with Crippen molar-refractivity contribution >= 4 is 40.6 Å². The van der Waals surface area contributed by atoms with E-state index in [4.69, 9.17) is 0 Å². The van der Waals surface area contributed by atoms with Crippen molar-refractivity contribution in [3.63, 3.8) is 0 Å². The first-order chi connectivity index (χ1) is 14.1. The van der Waals surface area contributed by atoms with E-state index in [1.165, 1.54) is 18.3 Å². The molecular formula is C22H16N4O3. The van der Waals surface area contributed by atoms with E-state index in [1.807, 2.05) is 48.6 Å². The van der Waals surface area contributed by atoms with Crippen LogP contribution in [0.4, 0.5) is 5.69 Å². The summed E-state index contributed by atoms with van der Waals surface area (Å²) in [5, 5.41) is 20.3. The molecule has 0 atom stereocenters. The van der Waals surface area contributed by atoms with Gasteiger partial charge < -0.3 is 10.4 Å². The standard InChI is InChI=1S/C22H16N4O3/c27-21(20-16(22(28)29)8-5-13-23-20)24-17-9-3-1-6-14(17)11-12-19-15-7-2-4-10-18(15)25-26-19/h1-13H,(H,24,27)(H,25,26)(H,28,29)/b12-11+. The number of benzene rings is 2. The summed E-state index contributed by atoms with van der Waals surface area (Å²) in [7, 11) is 0. The molecule has 0 radical (unpaired) electrons. The molecule has 0 saturated heterocycles. The first-order valence-electron chi connectivity index (χ1n) is 8.83. The Balaban J connectivity index is 1.62. The third-order valence-corrected chi connectivity index (χ3v) is 4.38. The SMILES string of the molecule is O=C(O)c1cccnc1C(=O)Nc1ccccc1/C=C/c1n[nH]c2ccccc12. The maximum absolute atomic E-state index is 12.6. The number of carboxylic acid groups (broad SMARTS) is 1. The van der Waals surface area contributed by atoms with Gasteiger partial charge in [-0.1, -0.05) is 42.5 Å². The number of aromatic amines is 1. The molecule has 0 aliphatic heterocycles. The van der Waals surface area contributed by atoms with Gasteiger partial charge >= 0.3 is 5.97 Å². The van der Waals surface area contributed by atoms with E-state index in [0.717, 1.165) is 22.2 Å². The van der Waals surface area contributed by atoms with E-state index in [9.17, 15) is 14.7 Å². The van der Waals surface area contributed by atoms with Gasteiger partial charge in [0.2, 0.25) is 0 Å². The maximum atomic E-state index is 12.6. The number of hydrogen-bond acceptors (Lipinski definition) is 4. The monoisotopic (exact) mass is 384 g/mol. The minimum Gasteiger partial charge on any atom is -0.478 e. The summed E-state index contributed by atoms with van der Waals surface area (Å²) in [6, 6.07) is 17.8. The first-order valence-corrected chi connectivity index (χ1v) is 8.83. The van der Waals surface area contributed by atoms with Crippen molar-refractivity contribution < 1.29 is 14.7 Å². The van der Waals surface area contributed by atoms with Crippen molar-refractivity contribution in [1.29, 1.82) is 0 Å². The topological polar surface area (TPSA) is 108 Å². The van der Waals surface area contributed by atoms with Crippen LogP contribution in [-0.4, -0.2) is 32.2 Å². The molecule has 1 amide bonds. The summed E-state index contributed by atoms with van der Waals surface area (Å²) < 4.78 is 0. The van der Waals surface area contributed by atoms with Crippen molar-refractivity contribution in [2.24, 2.45) is 0 Å². The number of para-hydroxylation sites is 2. The average molecular weight is 384 g/mol. The maximum Gasteiger partial charge on any atom is 0.338 e. The van der Waals surface area contributed by atoms with Gasteiger partial charge in [0.15, 0.2) is 0 Å². The zero-order chi connectivity index (χ0) is 20.2. The fourth-order valence-corrected chi connectivity index (χ4v) is 2.98. The molecule has 0 saturated carbocycles. The number of fused-ring (bicyclic) bond motifs is 1. The van der Waals surface area contributed by atoms with Crippen LogP contribution in [0.3, 0.4) is 0 Å². The molecule has 4 rings (SSSR count). The van der Waals surface area contributed by atoms with Crippen LogP contribution < -0.4 is 5.32 Å². The lowest BCUT2D eigenvalue weighted by Gasteiger charge is -2.09. The highest BCUT2D eigenvalue weighted by atomic mass is 16.4. The van der Waals surface area contributed by atoms with Crippen molar-refractivity contribution in [2.75, 3.05) is 5.32 Å². The molecule has 142 valence electrons. The molecule has 3 N–H and O–H groups in total. The second-order valence-electron chi connectivity index (χ2n) is 6.23. The number of anilines is 1. The van der Waals surface area contributed by atoms with Gasteiger partial charge in [-0.3, -0.25) is 14.9 Å². The lowest BCUT2D eigenvalue weighted by molar-refractivity contribution is 0.0691. The number of amides is 1. The summed E-state index contributed by atoms with van der Waals surface area (Å²) in [5.74, 6) is -1.80. The molecule has 0 unspecified atom stereocenters. The smallest absolute Gasteiger partial charge is 0.338 e. The molecule has 0 spiro atoms. The van der Waals surface area contributed by atoms with Crippen LogP contribution in [0.25, 0.3) is 23.1 Å². The van der Waals surface area contributed by atoms with Crippen LogP contribution in [-0.2, 0) is 0 Å². The Bertz CT molecular complexity index is 1240. The van der Waals surface area contributed by atoms with Crippen LogP contribution in [0.5, 0.6) is 0 Å². The van der Waals surface area contributed by atoms with Crippen molar-refractivity contribution in [1.82, 2.24) is 15.2 Å². The fraction of sp³-hybridized carbons (Fsp3) is 0. The molecule has 0 aliphatic rings. The Kier molecular flexibility index (Phi) is 4.86. The summed E-state index contributed by atoms with van der Waals surface area (Å²) >= 11 is 0. The normalized spacial score (nSPS) is 11.0. The van der Waals surface area contributed by atoms with Crippen molar-refractivity contribution in [3.8, 4) is 0 Å². The highest BCUT2D eigenvalue weighted by Gasteiger charge is 2.18. The first kappa shape index (κ1) is 18.1. The lowest BCUT2D eigenvalue weighted by atomic mass is 10.1. The van der Waals surface area contributed by atoms with Crippen LogP contribution >= 0.6 is 0 Å². The van der Waals surface area contributed by atoms with Crippen LogP contribution in [0.2, 0.25) is 0 Å². The molecule has 2 aromatic heterocycles. The molecule has 7 nitrogen and oxygen atoms in total. The zero-order valence-corrected chi connectivity index (χ0v) is 15.2. The van der Waals surface area contributed by atoms with E-state index in [-0.39, 0.29) is 11.3 Å². The molecule has 29 heavy (non-hydrogen) atoms. The number of pyridine rings is 1. The van der Waals surface area contributed by atoms with Crippen molar-refractivity contribution in [3.05, 3.63) is 89.4 Å². The molecule has 0 fully saturated rings. The van der Waals surface area contributed by atoms with E-state index < -0.39 is 11.9 Å². The molecule has 0 bridgehead atoms. The van der Waals surface area contributed by atoms with Crippen LogP contribution in [0, 0.1) is 0 Å². The Hall–Kier alpha value is -4.26. The van der Waals surface area contributed by atoms with Gasteiger partial charge in [-0.2, -0.15) is 5.10 Å². The third-order valence-electron chi connectivity index (χ3n) is 4.38. The van der Waals surface area contributed by atoms with E-state index in [1.54, 1.807) is 12.1 Å². The fourth-order valence-electron chi connectivity index (χ4n) is 2.98. The Morgan fingerprint density at radius 3 is 2.62 bits per heavy atom. The Morgan fingerprint density at radius 1 is 0.966 bits per heavy atom. The molecule has 0 aliphatic carbocycles. The number of aromatic carboxylic acids is 1. The number of nitrogens with one attached hydrogen (secondary N) is 2. The zero-order valence-electron chi connectivity index (χ0n) is 15.2. The van der Waals surface area contributed by atoms with Gasteiger partial charge in [0, 0.05) is 17.3 Å². The highest BCUT2D eigenvalue weighted by Crippen LogP contribution is 2.22. The van der Waals surface area contributed by atoms with Crippen LogP contribution in [0.1, 0.15) is 32.1 Å². The average Bonchev–Trinajstić information content (AvgIpc) is 3.16. The Morgan fingerprint density at radius 2 is 1.76 bits per heavy atom. The molecule has 4 aromatic rings. The minimum atomic E-state index is -1.21. The number of carbonyl (C=O) groups is 2. The molecule has 7 heteroatoms. The number of hydrogen-bond donors (Lipinski definition) is 3. The molecule has 2 heterocycles. The predicted octanol–water partition coefficient (Wildman–Crippen LogP) is 4.08. The summed E-state index contributed by atoms with van der Waals surface area (Å²) in [5.41, 5.74) is 2.71. The van der Waals surface area contributed by atoms with Crippen molar-refractivity contribution in [2.45, 2.75) is 0 Å². The second-order valence-corrected chi connectivity index (χ2v) is 6.23. The molecule has 2 aromatic carbocycles. The minimum absolute atomic E-state index is 0.142. The van der Waals surface area contributed by atoms with Gasteiger partial charge in [-0.25, -0.2) is 4.79 Å². The highest BCUT2D eigenvalue weighted by molar-refractivity contribution is 6.10. The Labute approximate surface area is 165 Å². The van der Waals surface area contributed by atoms with Gasteiger partial charge in [0.05, 0.1) is 16.8 Å². The second kappa shape index (κ2) is 7.77. The van der Waals surface area contributed by atoms with Gasteiger partial charge in [-0.05, 0) is 35.9 Å². The largest absolute Gasteiger partial charge is 0.478 e. The number of carboxylic acids is 1. The predicted molar refractivity (Wildman–Crippen MR) is 111 cm³/mol. The number of nitrogens with zero attached hydrogens (tertiary/aromatic N) is 2. The number of aromatic nitrogens is 3. The van der Waals surface area contributed by atoms with E-state index in [2.05, 4.69) is 20.5 Å². The van der Waals surface area contributed by atoms with Gasteiger partial charge in [0.25, 0.3) is 5.91 Å². The van der Waals surface area contributed by atoms with E-state index in [0.29, 0.717) is 5.69 Å². The number of rotatable bonds is 5. The lowest BCUT2D eigenvalue weighted by Crippen LogP contribution is -2.18. The number of H-pyrrole nitrogens is 1. The molecular weight excluding hydrogens is 368 g/mol. The third kappa shape index (κ3) is 3.74.